The molecule has 0 fully saturated rings. The van der Waals surface area contributed by atoms with Gasteiger partial charge in [-0.25, -0.2) is 0 Å². The van der Waals surface area contributed by atoms with Gasteiger partial charge in [0.25, 0.3) is 0 Å². The molecule has 4 heteroatoms. The molecule has 0 bridgehead atoms. The van der Waals surface area contributed by atoms with Crippen molar-refractivity contribution in [2.75, 3.05) is 6.61 Å². The standard InChI is InChI=1S/C21H22O3S/c1-4-23-21(22)10-17-13-25-20-11-18(7-8-19(17)20)24-12-16-6-5-14(2)9-15(16)3/h5-9,11,13H,4,10,12H2,1-3H3. The van der Waals surface area contributed by atoms with Crippen molar-refractivity contribution >= 4 is 27.4 Å². The van der Waals surface area contributed by atoms with Crippen molar-refractivity contribution in [3.8, 4) is 5.75 Å². The van der Waals surface area contributed by atoms with Crippen molar-refractivity contribution in [2.45, 2.75) is 33.8 Å². The molecule has 25 heavy (non-hydrogen) atoms. The fourth-order valence-corrected chi connectivity index (χ4v) is 3.82. The van der Waals surface area contributed by atoms with Gasteiger partial charge in [-0.3, -0.25) is 4.79 Å². The number of hydrogen-bond donors (Lipinski definition) is 0. The van der Waals surface area contributed by atoms with Crippen molar-refractivity contribution in [1.82, 2.24) is 0 Å². The highest BCUT2D eigenvalue weighted by atomic mass is 32.1. The Morgan fingerprint density at radius 2 is 1.92 bits per heavy atom. The number of esters is 1. The molecule has 3 aromatic rings. The highest BCUT2D eigenvalue weighted by Gasteiger charge is 2.10. The molecule has 0 atom stereocenters. The number of carbonyl (C=O) groups excluding carboxylic acids is 1. The molecule has 0 unspecified atom stereocenters. The SMILES string of the molecule is CCOC(=O)Cc1csc2cc(OCc3ccc(C)cc3C)ccc12. The lowest BCUT2D eigenvalue weighted by Crippen LogP contribution is -2.06. The summed E-state index contributed by atoms with van der Waals surface area (Å²) < 4.78 is 12.1. The molecule has 2 aromatic carbocycles. The van der Waals surface area contributed by atoms with Gasteiger partial charge in [0.2, 0.25) is 0 Å². The minimum atomic E-state index is -0.183. The monoisotopic (exact) mass is 354 g/mol. The van der Waals surface area contributed by atoms with Crippen molar-refractivity contribution in [3.05, 3.63) is 64.0 Å². The highest BCUT2D eigenvalue weighted by Crippen LogP contribution is 2.30. The van der Waals surface area contributed by atoms with E-state index in [9.17, 15) is 4.79 Å². The Hall–Kier alpha value is -2.33. The van der Waals surface area contributed by atoms with Crippen LogP contribution in [0.5, 0.6) is 5.75 Å². The number of carbonyl (C=O) groups is 1. The van der Waals surface area contributed by atoms with E-state index in [2.05, 4.69) is 32.0 Å². The second-order valence-electron chi connectivity index (χ2n) is 6.12. The first-order valence-electron chi connectivity index (χ1n) is 8.41. The van der Waals surface area contributed by atoms with E-state index in [1.165, 1.54) is 16.7 Å². The van der Waals surface area contributed by atoms with Crippen LogP contribution in [0.4, 0.5) is 0 Å². The lowest BCUT2D eigenvalue weighted by Gasteiger charge is -2.10. The molecule has 3 nitrogen and oxygen atoms in total. The van der Waals surface area contributed by atoms with Crippen LogP contribution in [0.1, 0.15) is 29.2 Å². The van der Waals surface area contributed by atoms with Crippen LogP contribution in [0.3, 0.4) is 0 Å². The summed E-state index contributed by atoms with van der Waals surface area (Å²) in [6.45, 7) is 6.99. The van der Waals surface area contributed by atoms with Crippen LogP contribution in [-0.2, 0) is 22.6 Å². The van der Waals surface area contributed by atoms with Crippen molar-refractivity contribution in [2.24, 2.45) is 0 Å². The summed E-state index contributed by atoms with van der Waals surface area (Å²) >= 11 is 1.63. The first kappa shape index (κ1) is 17.5. The molecule has 0 radical (unpaired) electrons. The van der Waals surface area contributed by atoms with Gasteiger partial charge in [0.1, 0.15) is 12.4 Å². The van der Waals surface area contributed by atoms with Crippen molar-refractivity contribution in [1.29, 1.82) is 0 Å². The summed E-state index contributed by atoms with van der Waals surface area (Å²) in [4.78, 5) is 11.7. The zero-order valence-electron chi connectivity index (χ0n) is 14.8. The lowest BCUT2D eigenvalue weighted by atomic mass is 10.1. The Balaban J connectivity index is 1.72. The van der Waals surface area contributed by atoms with Gasteiger partial charge in [-0.1, -0.05) is 23.8 Å². The number of thiophene rings is 1. The van der Waals surface area contributed by atoms with Gasteiger partial charge in [0.15, 0.2) is 0 Å². The van der Waals surface area contributed by atoms with E-state index < -0.39 is 0 Å². The Morgan fingerprint density at radius 3 is 2.68 bits per heavy atom. The van der Waals surface area contributed by atoms with Gasteiger partial charge < -0.3 is 9.47 Å². The molecule has 130 valence electrons. The third-order valence-corrected chi connectivity index (χ3v) is 5.15. The van der Waals surface area contributed by atoms with E-state index in [-0.39, 0.29) is 5.97 Å². The van der Waals surface area contributed by atoms with Crippen LogP contribution in [0.25, 0.3) is 10.1 Å². The first-order chi connectivity index (χ1) is 12.1. The van der Waals surface area contributed by atoms with Gasteiger partial charge in [0, 0.05) is 4.70 Å². The van der Waals surface area contributed by atoms with Crippen LogP contribution < -0.4 is 4.74 Å². The molecule has 1 heterocycles. The molecule has 0 aliphatic carbocycles. The van der Waals surface area contributed by atoms with Gasteiger partial charge in [-0.2, -0.15) is 0 Å². The maximum Gasteiger partial charge on any atom is 0.310 e. The Morgan fingerprint density at radius 1 is 1.08 bits per heavy atom. The van der Waals surface area contributed by atoms with E-state index in [1.807, 2.05) is 30.5 Å². The molecule has 1 aromatic heterocycles. The molecule has 0 spiro atoms. The third-order valence-electron chi connectivity index (χ3n) is 4.16. The van der Waals surface area contributed by atoms with E-state index >= 15 is 0 Å². The van der Waals surface area contributed by atoms with E-state index in [4.69, 9.17) is 9.47 Å². The maximum atomic E-state index is 11.7. The Labute approximate surface area is 152 Å². The number of ether oxygens (including phenoxy) is 2. The van der Waals surface area contributed by atoms with E-state index in [0.717, 1.165) is 21.4 Å². The molecule has 0 amide bonds. The Kier molecular flexibility index (Phi) is 5.39. The number of aryl methyl sites for hydroxylation is 2. The predicted molar refractivity (Wildman–Crippen MR) is 102 cm³/mol. The van der Waals surface area contributed by atoms with Gasteiger partial charge in [-0.15, -0.1) is 11.3 Å². The fourth-order valence-electron chi connectivity index (χ4n) is 2.83. The van der Waals surface area contributed by atoms with Gasteiger partial charge >= 0.3 is 5.97 Å². The topological polar surface area (TPSA) is 35.5 Å². The number of benzene rings is 2. The smallest absolute Gasteiger partial charge is 0.310 e. The van der Waals surface area contributed by atoms with Crippen LogP contribution in [0.15, 0.2) is 41.8 Å². The summed E-state index contributed by atoms with van der Waals surface area (Å²) in [5, 5.41) is 3.12. The number of rotatable bonds is 6. The normalized spacial score (nSPS) is 10.8. The molecule has 0 aliphatic rings. The molecule has 0 N–H and O–H groups in total. The second kappa shape index (κ2) is 7.70. The molecule has 3 rings (SSSR count). The van der Waals surface area contributed by atoms with Crippen molar-refractivity contribution in [3.63, 3.8) is 0 Å². The van der Waals surface area contributed by atoms with E-state index in [0.29, 0.717) is 19.6 Å². The quantitative estimate of drug-likeness (QED) is 0.571. The Bertz CT molecular complexity index is 895. The third kappa shape index (κ3) is 4.20. The fraction of sp³-hybridized carbons (Fsp3) is 0.286. The van der Waals surface area contributed by atoms with Crippen molar-refractivity contribution < 1.29 is 14.3 Å². The largest absolute Gasteiger partial charge is 0.489 e. The van der Waals surface area contributed by atoms with E-state index in [1.54, 1.807) is 11.3 Å². The molecular formula is C21H22O3S. The second-order valence-corrected chi connectivity index (χ2v) is 7.03. The lowest BCUT2D eigenvalue weighted by molar-refractivity contribution is -0.142. The summed E-state index contributed by atoms with van der Waals surface area (Å²) in [5.74, 6) is 0.661. The number of fused-ring (bicyclic) bond motifs is 1. The highest BCUT2D eigenvalue weighted by molar-refractivity contribution is 7.17. The van der Waals surface area contributed by atoms with Crippen LogP contribution >= 0.6 is 11.3 Å². The molecule has 0 aliphatic heterocycles. The zero-order valence-corrected chi connectivity index (χ0v) is 15.6. The summed E-state index contributed by atoms with van der Waals surface area (Å²) in [6.07, 6.45) is 0.316. The maximum absolute atomic E-state index is 11.7. The van der Waals surface area contributed by atoms with Crippen LogP contribution in [0.2, 0.25) is 0 Å². The average Bonchev–Trinajstić information content (AvgIpc) is 2.96. The van der Waals surface area contributed by atoms with Gasteiger partial charge in [0.05, 0.1) is 13.0 Å². The summed E-state index contributed by atoms with van der Waals surface area (Å²) in [7, 11) is 0. The molecular weight excluding hydrogens is 332 g/mol. The minimum absolute atomic E-state index is 0.183. The minimum Gasteiger partial charge on any atom is -0.489 e. The molecule has 0 saturated heterocycles. The summed E-state index contributed by atoms with van der Waals surface area (Å²) in [5.41, 5.74) is 4.71. The average molecular weight is 354 g/mol. The predicted octanol–water partition coefficient (Wildman–Crippen LogP) is 5.20. The summed E-state index contributed by atoms with van der Waals surface area (Å²) in [6, 6.07) is 12.4. The number of hydrogen-bond acceptors (Lipinski definition) is 4. The first-order valence-corrected chi connectivity index (χ1v) is 9.29. The zero-order chi connectivity index (χ0) is 17.8. The van der Waals surface area contributed by atoms with Gasteiger partial charge in [-0.05, 0) is 66.4 Å². The molecule has 0 saturated carbocycles. The van der Waals surface area contributed by atoms with Crippen LogP contribution in [0, 0.1) is 13.8 Å². The van der Waals surface area contributed by atoms with Crippen LogP contribution in [-0.4, -0.2) is 12.6 Å².